The number of aromatic nitrogens is 1. The summed E-state index contributed by atoms with van der Waals surface area (Å²) in [4.78, 5) is 6.54. The molecular weight excluding hydrogens is 172 g/mol. The van der Waals surface area contributed by atoms with Crippen molar-refractivity contribution in [3.8, 4) is 0 Å². The zero-order valence-corrected chi connectivity index (χ0v) is 8.82. The second-order valence-electron chi connectivity index (χ2n) is 4.11. The van der Waals surface area contributed by atoms with Crippen LogP contribution < -0.4 is 4.90 Å². The van der Waals surface area contributed by atoms with Crippen LogP contribution >= 0.6 is 0 Å². The Morgan fingerprint density at radius 1 is 1.29 bits per heavy atom. The maximum absolute atomic E-state index is 4.16. The molecule has 14 heavy (non-hydrogen) atoms. The fourth-order valence-electron chi connectivity index (χ4n) is 2.24. The molecule has 0 unspecified atom stereocenters. The maximum atomic E-state index is 4.16. The number of pyridine rings is 1. The Labute approximate surface area is 86.0 Å². The molecule has 0 aromatic carbocycles. The van der Waals surface area contributed by atoms with Crippen molar-refractivity contribution in [2.75, 3.05) is 11.9 Å². The summed E-state index contributed by atoms with van der Waals surface area (Å²) < 4.78 is 0. The largest absolute Gasteiger partial charge is 0.370 e. The van der Waals surface area contributed by atoms with E-state index in [0.29, 0.717) is 0 Å². The molecular formula is C12H18N2. The molecule has 0 saturated heterocycles. The first kappa shape index (κ1) is 9.50. The molecule has 0 atom stereocenters. The van der Waals surface area contributed by atoms with Gasteiger partial charge in [0.15, 0.2) is 0 Å². The fourth-order valence-corrected chi connectivity index (χ4v) is 2.24. The van der Waals surface area contributed by atoms with Gasteiger partial charge >= 0.3 is 0 Å². The topological polar surface area (TPSA) is 16.1 Å². The van der Waals surface area contributed by atoms with Crippen molar-refractivity contribution in [1.82, 2.24) is 4.98 Å². The lowest BCUT2D eigenvalue weighted by Gasteiger charge is -2.32. The number of hydrogen-bond acceptors (Lipinski definition) is 2. The fraction of sp³-hybridized carbons (Fsp3) is 0.583. The number of hydrogen-bond donors (Lipinski definition) is 0. The molecule has 2 heteroatoms. The molecule has 76 valence electrons. The van der Waals surface area contributed by atoms with Crippen LogP contribution in [0.1, 0.15) is 32.1 Å². The first-order valence-electron chi connectivity index (χ1n) is 5.51. The Morgan fingerprint density at radius 3 is 2.71 bits per heavy atom. The molecule has 1 aromatic heterocycles. The van der Waals surface area contributed by atoms with Gasteiger partial charge in [-0.25, -0.2) is 0 Å². The molecule has 2 rings (SSSR count). The minimum atomic E-state index is 0.730. The SMILES string of the molecule is CN(c1cccnc1)C1CCCCC1. The van der Waals surface area contributed by atoms with Crippen molar-refractivity contribution < 1.29 is 0 Å². The highest BCUT2D eigenvalue weighted by atomic mass is 15.1. The van der Waals surface area contributed by atoms with Crippen molar-refractivity contribution in [2.45, 2.75) is 38.1 Å². The van der Waals surface area contributed by atoms with E-state index in [9.17, 15) is 0 Å². The molecule has 1 saturated carbocycles. The van der Waals surface area contributed by atoms with Gasteiger partial charge in [-0.3, -0.25) is 4.98 Å². The average molecular weight is 190 g/mol. The molecule has 1 aliphatic carbocycles. The van der Waals surface area contributed by atoms with E-state index in [1.807, 2.05) is 18.5 Å². The second kappa shape index (κ2) is 4.45. The third-order valence-corrected chi connectivity index (χ3v) is 3.18. The summed E-state index contributed by atoms with van der Waals surface area (Å²) in [6.45, 7) is 0. The lowest BCUT2D eigenvalue weighted by Crippen LogP contribution is -2.33. The Kier molecular flexibility index (Phi) is 3.02. The summed E-state index contributed by atoms with van der Waals surface area (Å²) in [5.74, 6) is 0. The van der Waals surface area contributed by atoms with Gasteiger partial charge in [-0.2, -0.15) is 0 Å². The normalized spacial score (nSPS) is 18.1. The van der Waals surface area contributed by atoms with Gasteiger partial charge in [-0.05, 0) is 25.0 Å². The summed E-state index contributed by atoms with van der Waals surface area (Å²) >= 11 is 0. The van der Waals surface area contributed by atoms with Crippen LogP contribution in [0.2, 0.25) is 0 Å². The molecule has 1 aliphatic rings. The summed E-state index contributed by atoms with van der Waals surface area (Å²) in [7, 11) is 2.19. The molecule has 1 fully saturated rings. The average Bonchev–Trinajstić information content (AvgIpc) is 2.30. The summed E-state index contributed by atoms with van der Waals surface area (Å²) in [6, 6.07) is 4.88. The molecule has 0 amide bonds. The van der Waals surface area contributed by atoms with Crippen LogP contribution in [-0.2, 0) is 0 Å². The number of rotatable bonds is 2. The molecule has 0 N–H and O–H groups in total. The summed E-state index contributed by atoms with van der Waals surface area (Å²) in [5.41, 5.74) is 1.25. The van der Waals surface area contributed by atoms with Crippen LogP contribution in [0.25, 0.3) is 0 Å². The van der Waals surface area contributed by atoms with Gasteiger partial charge in [0.25, 0.3) is 0 Å². The van der Waals surface area contributed by atoms with E-state index in [0.717, 1.165) is 6.04 Å². The molecule has 2 nitrogen and oxygen atoms in total. The second-order valence-corrected chi connectivity index (χ2v) is 4.11. The standard InChI is InChI=1S/C12H18N2/c1-14(11-6-3-2-4-7-11)12-8-5-9-13-10-12/h5,8-11H,2-4,6-7H2,1H3. The molecule has 0 bridgehead atoms. The third kappa shape index (κ3) is 2.06. The van der Waals surface area contributed by atoms with Crippen LogP contribution in [0.4, 0.5) is 5.69 Å². The van der Waals surface area contributed by atoms with Crippen LogP contribution in [0.15, 0.2) is 24.5 Å². The van der Waals surface area contributed by atoms with Gasteiger partial charge < -0.3 is 4.90 Å². The van der Waals surface area contributed by atoms with Gasteiger partial charge in [0.05, 0.1) is 11.9 Å². The summed E-state index contributed by atoms with van der Waals surface area (Å²) in [6.07, 6.45) is 10.6. The van der Waals surface area contributed by atoms with Crippen molar-refractivity contribution >= 4 is 5.69 Å². The van der Waals surface area contributed by atoms with Gasteiger partial charge in [-0.15, -0.1) is 0 Å². The quantitative estimate of drug-likeness (QED) is 0.713. The van der Waals surface area contributed by atoms with E-state index in [1.165, 1.54) is 37.8 Å². The van der Waals surface area contributed by atoms with E-state index in [-0.39, 0.29) is 0 Å². The molecule has 1 aromatic rings. The minimum Gasteiger partial charge on any atom is -0.370 e. The van der Waals surface area contributed by atoms with Crippen molar-refractivity contribution in [2.24, 2.45) is 0 Å². The van der Waals surface area contributed by atoms with Crippen LogP contribution in [0, 0.1) is 0 Å². The van der Waals surface area contributed by atoms with Crippen molar-refractivity contribution in [1.29, 1.82) is 0 Å². The Hall–Kier alpha value is -1.05. The molecule has 0 radical (unpaired) electrons. The highest BCUT2D eigenvalue weighted by Gasteiger charge is 2.17. The lowest BCUT2D eigenvalue weighted by atomic mass is 9.94. The Morgan fingerprint density at radius 2 is 2.07 bits per heavy atom. The van der Waals surface area contributed by atoms with Crippen LogP contribution in [0.5, 0.6) is 0 Å². The van der Waals surface area contributed by atoms with Crippen LogP contribution in [-0.4, -0.2) is 18.1 Å². The highest BCUT2D eigenvalue weighted by Crippen LogP contribution is 2.25. The summed E-state index contributed by atoms with van der Waals surface area (Å²) in [5, 5.41) is 0. The lowest BCUT2D eigenvalue weighted by molar-refractivity contribution is 0.427. The van der Waals surface area contributed by atoms with Crippen molar-refractivity contribution in [3.63, 3.8) is 0 Å². The minimum absolute atomic E-state index is 0.730. The number of nitrogens with zero attached hydrogens (tertiary/aromatic N) is 2. The maximum Gasteiger partial charge on any atom is 0.0552 e. The van der Waals surface area contributed by atoms with E-state index in [4.69, 9.17) is 0 Å². The molecule has 0 spiro atoms. The molecule has 0 aliphatic heterocycles. The third-order valence-electron chi connectivity index (χ3n) is 3.18. The van der Waals surface area contributed by atoms with E-state index in [1.54, 1.807) is 0 Å². The van der Waals surface area contributed by atoms with Gasteiger partial charge in [0.1, 0.15) is 0 Å². The van der Waals surface area contributed by atoms with Crippen molar-refractivity contribution in [3.05, 3.63) is 24.5 Å². The Bertz CT molecular complexity index is 265. The smallest absolute Gasteiger partial charge is 0.0552 e. The van der Waals surface area contributed by atoms with E-state index < -0.39 is 0 Å². The van der Waals surface area contributed by atoms with Gasteiger partial charge in [0, 0.05) is 19.3 Å². The first-order valence-corrected chi connectivity index (χ1v) is 5.51. The first-order chi connectivity index (χ1) is 6.88. The van der Waals surface area contributed by atoms with E-state index >= 15 is 0 Å². The van der Waals surface area contributed by atoms with Gasteiger partial charge in [-0.1, -0.05) is 19.3 Å². The predicted molar refractivity (Wildman–Crippen MR) is 59.5 cm³/mol. The Balaban J connectivity index is 2.03. The monoisotopic (exact) mass is 190 g/mol. The number of anilines is 1. The highest BCUT2D eigenvalue weighted by molar-refractivity contribution is 5.43. The predicted octanol–water partition coefficient (Wildman–Crippen LogP) is 2.85. The van der Waals surface area contributed by atoms with E-state index in [2.05, 4.69) is 23.0 Å². The zero-order valence-electron chi connectivity index (χ0n) is 8.82. The zero-order chi connectivity index (χ0) is 9.80. The molecule has 1 heterocycles. The van der Waals surface area contributed by atoms with Gasteiger partial charge in [0.2, 0.25) is 0 Å². The van der Waals surface area contributed by atoms with Crippen LogP contribution in [0.3, 0.4) is 0 Å².